The molecule has 2 aliphatic heterocycles. The molecular weight excluding hydrogens is 560 g/mol. The predicted molar refractivity (Wildman–Crippen MR) is 126 cm³/mol. The molecule has 2 fully saturated rings. The zero-order valence-electron chi connectivity index (χ0n) is 23.2. The monoisotopic (exact) mass is 594 g/mol. The van der Waals surface area contributed by atoms with Crippen molar-refractivity contribution in [3.63, 3.8) is 0 Å². The Morgan fingerprint density at radius 2 is 0.976 bits per heavy atom. The molecule has 2 aliphatic rings. The molecule has 0 spiro atoms. The Kier molecular flexibility index (Phi) is 12.4. The fourth-order valence-corrected chi connectivity index (χ4v) is 4.17. The van der Waals surface area contributed by atoms with Crippen LogP contribution in [-0.2, 0) is 71.4 Å². The summed E-state index contributed by atoms with van der Waals surface area (Å²) in [6, 6.07) is 0. The van der Waals surface area contributed by atoms with Crippen molar-refractivity contribution in [2.75, 3.05) is 13.2 Å². The molecule has 0 amide bonds. The largest absolute Gasteiger partial charge is 0.463 e. The van der Waals surface area contributed by atoms with Gasteiger partial charge in [-0.15, -0.1) is 0 Å². The van der Waals surface area contributed by atoms with Crippen LogP contribution in [0.15, 0.2) is 0 Å². The fraction of sp³-hybridized carbons (Fsp3) is 0.750. The molecule has 0 radical (unpaired) electrons. The Hall–Kier alpha value is -3.38. The van der Waals surface area contributed by atoms with Crippen LogP contribution in [0.5, 0.6) is 0 Å². The van der Waals surface area contributed by atoms with Crippen molar-refractivity contribution in [3.8, 4) is 0 Å². The van der Waals surface area contributed by atoms with Crippen molar-refractivity contribution in [1.82, 2.24) is 0 Å². The molecule has 232 valence electrons. The van der Waals surface area contributed by atoms with E-state index in [1.54, 1.807) is 0 Å². The highest BCUT2D eigenvalue weighted by Gasteiger charge is 2.56. The van der Waals surface area contributed by atoms with Gasteiger partial charge in [0.2, 0.25) is 0 Å². The maximum Gasteiger partial charge on any atom is 0.303 e. The van der Waals surface area contributed by atoms with Gasteiger partial charge in [-0.1, -0.05) is 0 Å². The Labute approximate surface area is 234 Å². The molecule has 2 rings (SSSR count). The van der Waals surface area contributed by atoms with Crippen LogP contribution in [0.1, 0.15) is 41.5 Å². The lowest BCUT2D eigenvalue weighted by molar-refractivity contribution is -0.357. The van der Waals surface area contributed by atoms with Crippen molar-refractivity contribution in [1.29, 1.82) is 0 Å². The van der Waals surface area contributed by atoms with E-state index < -0.39 is 110 Å². The highest BCUT2D eigenvalue weighted by atomic mass is 16.8. The summed E-state index contributed by atoms with van der Waals surface area (Å²) in [6.07, 6.45) is -16.3. The van der Waals surface area contributed by atoms with Gasteiger partial charge in [0.15, 0.2) is 37.0 Å². The second-order valence-electron chi connectivity index (χ2n) is 9.10. The number of esters is 6. The minimum absolute atomic E-state index is 0.554. The minimum atomic E-state index is -1.88. The summed E-state index contributed by atoms with van der Waals surface area (Å²) in [6.45, 7) is 5.14. The van der Waals surface area contributed by atoms with E-state index in [9.17, 15) is 39.0 Å². The molecule has 10 atom stereocenters. The molecule has 2 N–H and O–H groups in total. The Bertz CT molecular complexity index is 981. The third-order valence-electron chi connectivity index (χ3n) is 5.63. The number of rotatable bonds is 10. The van der Waals surface area contributed by atoms with Crippen molar-refractivity contribution >= 4 is 35.8 Å². The number of hydrogen-bond donors (Lipinski definition) is 2. The number of ether oxygens (including phenoxy) is 9. The maximum absolute atomic E-state index is 12.0. The van der Waals surface area contributed by atoms with Crippen LogP contribution in [0, 0.1) is 0 Å². The highest BCUT2D eigenvalue weighted by molar-refractivity contribution is 5.68. The van der Waals surface area contributed by atoms with E-state index in [0.29, 0.717) is 0 Å². The number of carbonyl (C=O) groups is 6. The molecule has 0 aromatic heterocycles. The van der Waals surface area contributed by atoms with Crippen LogP contribution in [0.2, 0.25) is 0 Å². The summed E-state index contributed by atoms with van der Waals surface area (Å²) in [5.41, 5.74) is 0. The molecule has 5 unspecified atom stereocenters. The Morgan fingerprint density at radius 3 is 1.46 bits per heavy atom. The van der Waals surface area contributed by atoms with Crippen molar-refractivity contribution in [2.24, 2.45) is 0 Å². The molecule has 2 heterocycles. The molecule has 17 nitrogen and oxygen atoms in total. The zero-order chi connectivity index (χ0) is 31.0. The molecule has 17 heteroatoms. The molecule has 0 aromatic rings. The Balaban J connectivity index is 2.57. The van der Waals surface area contributed by atoms with Gasteiger partial charge in [0.1, 0.15) is 37.6 Å². The molecule has 2 saturated heterocycles. The topological polar surface area (TPSA) is 226 Å². The first-order chi connectivity index (χ1) is 19.1. The van der Waals surface area contributed by atoms with Gasteiger partial charge in [0.25, 0.3) is 0 Å². The summed E-state index contributed by atoms with van der Waals surface area (Å²) < 4.78 is 48.0. The van der Waals surface area contributed by atoms with E-state index in [1.807, 2.05) is 0 Å². The summed E-state index contributed by atoms with van der Waals surface area (Å²) >= 11 is 0. The third-order valence-corrected chi connectivity index (χ3v) is 5.63. The molecule has 0 saturated carbocycles. The van der Waals surface area contributed by atoms with Crippen LogP contribution >= 0.6 is 0 Å². The standard InChI is InChI=1S/C24H34O17/c1-9(25)33-7-15-17(31)19(35-11(3)27)22(38-14(6)30)24(40-15)41-18-16(8-34-10(2)26)39-23(32)21(37-13(5)29)20(18)36-12(4)28/h15-24,31-32H,7-8H2,1-6H3/t15?,16?,17-,18+,19?,20?,21-,22-,23?,24-/m0/s1. The Morgan fingerprint density at radius 1 is 0.537 bits per heavy atom. The van der Waals surface area contributed by atoms with Crippen molar-refractivity contribution in [3.05, 3.63) is 0 Å². The van der Waals surface area contributed by atoms with Gasteiger partial charge in [-0.3, -0.25) is 28.8 Å². The average molecular weight is 595 g/mol. The van der Waals surface area contributed by atoms with Crippen LogP contribution in [0.25, 0.3) is 0 Å². The SMILES string of the molecule is CC(=O)OCC1O[C@@H](O[C@@H]2C(COC(C)=O)OC(O)[C@@H](OC(C)=O)C2OC(C)=O)[C@@H](OC(C)=O)C(OC(C)=O)[C@H]1O. The van der Waals surface area contributed by atoms with Gasteiger partial charge in [-0.25, -0.2) is 0 Å². The van der Waals surface area contributed by atoms with E-state index in [-0.39, 0.29) is 0 Å². The van der Waals surface area contributed by atoms with Crippen LogP contribution in [0.3, 0.4) is 0 Å². The second kappa shape index (κ2) is 15.0. The predicted octanol–water partition coefficient (Wildman–Crippen LogP) is -1.97. The van der Waals surface area contributed by atoms with Gasteiger partial charge in [-0.2, -0.15) is 0 Å². The van der Waals surface area contributed by atoms with Crippen LogP contribution < -0.4 is 0 Å². The summed E-state index contributed by atoms with van der Waals surface area (Å²) in [7, 11) is 0. The van der Waals surface area contributed by atoms with E-state index in [4.69, 9.17) is 42.6 Å². The van der Waals surface area contributed by atoms with Crippen molar-refractivity contribution in [2.45, 2.75) is 103 Å². The smallest absolute Gasteiger partial charge is 0.303 e. The lowest BCUT2D eigenvalue weighted by Gasteiger charge is -2.47. The first-order valence-corrected chi connectivity index (χ1v) is 12.4. The van der Waals surface area contributed by atoms with Gasteiger partial charge in [0.05, 0.1) is 0 Å². The second-order valence-corrected chi connectivity index (χ2v) is 9.10. The summed E-state index contributed by atoms with van der Waals surface area (Å²) in [5.74, 6) is -5.07. The van der Waals surface area contributed by atoms with E-state index in [1.165, 1.54) is 0 Å². The van der Waals surface area contributed by atoms with Gasteiger partial charge < -0.3 is 52.8 Å². The lowest BCUT2D eigenvalue weighted by atomic mass is 9.96. The molecule has 41 heavy (non-hydrogen) atoms. The summed E-state index contributed by atoms with van der Waals surface area (Å²) in [5, 5.41) is 21.4. The first-order valence-electron chi connectivity index (χ1n) is 12.4. The molecule has 0 aromatic carbocycles. The van der Waals surface area contributed by atoms with Gasteiger partial charge in [-0.05, 0) is 0 Å². The van der Waals surface area contributed by atoms with E-state index >= 15 is 0 Å². The number of aliphatic hydroxyl groups is 2. The molecular formula is C24H34O17. The summed E-state index contributed by atoms with van der Waals surface area (Å²) in [4.78, 5) is 70.6. The van der Waals surface area contributed by atoms with Gasteiger partial charge >= 0.3 is 35.8 Å². The number of aliphatic hydroxyl groups excluding tert-OH is 2. The lowest BCUT2D eigenvalue weighted by Crippen LogP contribution is -2.66. The van der Waals surface area contributed by atoms with Crippen LogP contribution in [0.4, 0.5) is 0 Å². The normalized spacial score (nSPS) is 33.1. The van der Waals surface area contributed by atoms with Crippen LogP contribution in [-0.4, -0.2) is 121 Å². The molecule has 0 bridgehead atoms. The third kappa shape index (κ3) is 9.89. The highest BCUT2D eigenvalue weighted by Crippen LogP contribution is 2.33. The first kappa shape index (κ1) is 33.8. The minimum Gasteiger partial charge on any atom is -0.463 e. The number of carbonyl (C=O) groups excluding carboxylic acids is 6. The van der Waals surface area contributed by atoms with Gasteiger partial charge in [0, 0.05) is 41.5 Å². The van der Waals surface area contributed by atoms with E-state index in [2.05, 4.69) is 0 Å². The zero-order valence-corrected chi connectivity index (χ0v) is 23.2. The molecule has 0 aliphatic carbocycles. The van der Waals surface area contributed by atoms with E-state index in [0.717, 1.165) is 41.5 Å². The fourth-order valence-electron chi connectivity index (χ4n) is 4.17. The maximum atomic E-state index is 12.0. The van der Waals surface area contributed by atoms with Crippen molar-refractivity contribution < 1.29 is 81.6 Å². The average Bonchev–Trinajstić information content (AvgIpc) is 2.83. The quantitative estimate of drug-likeness (QED) is 0.206. The number of hydrogen-bond acceptors (Lipinski definition) is 17.